The van der Waals surface area contributed by atoms with Crippen LogP contribution in [0.3, 0.4) is 0 Å². The third kappa shape index (κ3) is 3.83. The molecule has 1 aromatic heterocycles. The molecular weight excluding hydrogens is 270 g/mol. The summed E-state index contributed by atoms with van der Waals surface area (Å²) < 4.78 is 31.9. The third-order valence-corrected chi connectivity index (χ3v) is 4.18. The normalized spacial score (nSPS) is 21.4. The first-order chi connectivity index (χ1) is 8.97. The Labute approximate surface area is 112 Å². The molecule has 1 unspecified atom stereocenters. The Morgan fingerprint density at radius 1 is 1.53 bits per heavy atom. The first-order valence-corrected chi connectivity index (χ1v) is 7.33. The van der Waals surface area contributed by atoms with E-state index in [1.165, 1.54) is 12.4 Å². The lowest BCUT2D eigenvalue weighted by atomic mass is 10.3. The Kier molecular flexibility index (Phi) is 4.30. The number of rotatable bonds is 4. The van der Waals surface area contributed by atoms with Crippen molar-refractivity contribution in [3.63, 3.8) is 0 Å². The van der Waals surface area contributed by atoms with Crippen LogP contribution in [0, 0.1) is 0 Å². The second-order valence-electron chi connectivity index (χ2n) is 4.38. The van der Waals surface area contributed by atoms with Crippen molar-refractivity contribution in [3.05, 3.63) is 12.4 Å². The molecule has 19 heavy (non-hydrogen) atoms. The van der Waals surface area contributed by atoms with Gasteiger partial charge in [-0.25, -0.2) is 23.1 Å². The summed E-state index contributed by atoms with van der Waals surface area (Å²) in [6, 6.07) is 0. The van der Waals surface area contributed by atoms with Crippen molar-refractivity contribution in [2.45, 2.75) is 11.0 Å². The largest absolute Gasteiger partial charge is 0.374 e. The van der Waals surface area contributed by atoms with Gasteiger partial charge in [0.1, 0.15) is 4.90 Å². The first kappa shape index (κ1) is 14.1. The topological polar surface area (TPSA) is 110 Å². The summed E-state index contributed by atoms with van der Waals surface area (Å²) >= 11 is 0. The maximum atomic E-state index is 12.0. The highest BCUT2D eigenvalue weighted by Gasteiger charge is 2.21. The van der Waals surface area contributed by atoms with Crippen LogP contribution < -0.4 is 10.5 Å². The molecule has 0 aliphatic carbocycles. The molecule has 106 valence electrons. The van der Waals surface area contributed by atoms with E-state index in [2.05, 4.69) is 19.6 Å². The van der Waals surface area contributed by atoms with Crippen molar-refractivity contribution in [2.24, 2.45) is 0 Å². The summed E-state index contributed by atoms with van der Waals surface area (Å²) in [5.74, 6) is 0.0381. The number of nitrogens with one attached hydrogen (secondary N) is 1. The number of aromatic nitrogens is 2. The summed E-state index contributed by atoms with van der Waals surface area (Å²) in [6.07, 6.45) is 2.21. The molecule has 0 amide bonds. The fourth-order valence-electron chi connectivity index (χ4n) is 1.74. The standard InChI is InChI=1S/C10H17N5O3S/c1-15-2-3-18-8(7-15)4-14-19(16,17)9-5-12-10(11)13-6-9/h5-6,8,14H,2-4,7H2,1H3,(H2,11,12,13). The summed E-state index contributed by atoms with van der Waals surface area (Å²) in [6.45, 7) is 2.38. The molecule has 1 atom stereocenters. The van der Waals surface area contributed by atoms with E-state index in [0.29, 0.717) is 13.2 Å². The maximum Gasteiger partial charge on any atom is 0.243 e. The van der Waals surface area contributed by atoms with E-state index in [-0.39, 0.29) is 23.5 Å². The number of likely N-dealkylation sites (N-methyl/N-ethyl adjacent to an activating group) is 1. The van der Waals surface area contributed by atoms with Crippen molar-refractivity contribution in [1.82, 2.24) is 19.6 Å². The predicted molar refractivity (Wildman–Crippen MR) is 68.9 cm³/mol. The molecule has 1 aliphatic heterocycles. The maximum absolute atomic E-state index is 12.0. The second-order valence-corrected chi connectivity index (χ2v) is 6.15. The van der Waals surface area contributed by atoms with E-state index in [1.807, 2.05) is 7.05 Å². The van der Waals surface area contributed by atoms with Gasteiger partial charge in [0.05, 0.1) is 25.1 Å². The van der Waals surface area contributed by atoms with Gasteiger partial charge in [0.2, 0.25) is 16.0 Å². The van der Waals surface area contributed by atoms with Gasteiger partial charge in [-0.1, -0.05) is 0 Å². The molecule has 0 spiro atoms. The lowest BCUT2D eigenvalue weighted by molar-refractivity contribution is -0.0156. The summed E-state index contributed by atoms with van der Waals surface area (Å²) in [7, 11) is -1.65. The highest BCUT2D eigenvalue weighted by Crippen LogP contribution is 2.07. The molecule has 2 rings (SSSR count). The van der Waals surface area contributed by atoms with Gasteiger partial charge >= 0.3 is 0 Å². The van der Waals surface area contributed by atoms with Crippen LogP contribution in [-0.2, 0) is 14.8 Å². The molecule has 1 aliphatic rings. The zero-order valence-electron chi connectivity index (χ0n) is 10.6. The van der Waals surface area contributed by atoms with Gasteiger partial charge in [-0.05, 0) is 7.05 Å². The quantitative estimate of drug-likeness (QED) is 0.705. The molecule has 0 radical (unpaired) electrons. The minimum absolute atomic E-state index is 0.00846. The fourth-order valence-corrected chi connectivity index (χ4v) is 2.70. The van der Waals surface area contributed by atoms with Crippen molar-refractivity contribution in [2.75, 3.05) is 39.0 Å². The molecule has 9 heteroatoms. The van der Waals surface area contributed by atoms with E-state index >= 15 is 0 Å². The van der Waals surface area contributed by atoms with E-state index in [9.17, 15) is 8.42 Å². The summed E-state index contributed by atoms with van der Waals surface area (Å²) in [4.78, 5) is 9.40. The van der Waals surface area contributed by atoms with Crippen LogP contribution >= 0.6 is 0 Å². The van der Waals surface area contributed by atoms with Crippen LogP contribution in [0.1, 0.15) is 0 Å². The second kappa shape index (κ2) is 5.78. The van der Waals surface area contributed by atoms with Crippen LogP contribution in [0.2, 0.25) is 0 Å². The fraction of sp³-hybridized carbons (Fsp3) is 0.600. The van der Waals surface area contributed by atoms with E-state index in [4.69, 9.17) is 10.5 Å². The molecule has 3 N–H and O–H groups in total. The van der Waals surface area contributed by atoms with Crippen molar-refractivity contribution >= 4 is 16.0 Å². The number of hydrogen-bond acceptors (Lipinski definition) is 7. The average Bonchev–Trinajstić information content (AvgIpc) is 2.37. The molecule has 1 saturated heterocycles. The van der Waals surface area contributed by atoms with Crippen molar-refractivity contribution in [1.29, 1.82) is 0 Å². The predicted octanol–water partition coefficient (Wildman–Crippen LogP) is -1.33. The Morgan fingerprint density at radius 3 is 2.84 bits per heavy atom. The van der Waals surface area contributed by atoms with Gasteiger partial charge in [-0.3, -0.25) is 0 Å². The number of morpholine rings is 1. The molecule has 1 fully saturated rings. The first-order valence-electron chi connectivity index (χ1n) is 5.85. The van der Waals surface area contributed by atoms with Crippen LogP contribution in [0.15, 0.2) is 17.3 Å². The molecule has 0 saturated carbocycles. The van der Waals surface area contributed by atoms with E-state index in [0.717, 1.165) is 6.54 Å². The van der Waals surface area contributed by atoms with Crippen molar-refractivity contribution in [3.8, 4) is 0 Å². The number of nitrogen functional groups attached to an aromatic ring is 1. The van der Waals surface area contributed by atoms with Crippen LogP contribution in [0.25, 0.3) is 0 Å². The number of hydrogen-bond donors (Lipinski definition) is 2. The number of sulfonamides is 1. The van der Waals surface area contributed by atoms with Gasteiger partial charge < -0.3 is 15.4 Å². The van der Waals surface area contributed by atoms with Gasteiger partial charge in [-0.15, -0.1) is 0 Å². The Morgan fingerprint density at radius 2 is 2.21 bits per heavy atom. The minimum Gasteiger partial charge on any atom is -0.374 e. The Hall–Kier alpha value is -1.29. The summed E-state index contributed by atoms with van der Waals surface area (Å²) in [5.41, 5.74) is 5.31. The number of ether oxygens (including phenoxy) is 1. The molecule has 2 heterocycles. The number of anilines is 1. The molecule has 8 nitrogen and oxygen atoms in total. The molecule has 0 bridgehead atoms. The van der Waals surface area contributed by atoms with E-state index < -0.39 is 10.0 Å². The minimum atomic E-state index is -3.62. The smallest absolute Gasteiger partial charge is 0.243 e. The molecular formula is C10H17N5O3S. The lowest BCUT2D eigenvalue weighted by Crippen LogP contribution is -2.45. The SMILES string of the molecule is CN1CCOC(CNS(=O)(=O)c2cnc(N)nc2)C1. The zero-order valence-corrected chi connectivity index (χ0v) is 11.4. The third-order valence-electron chi connectivity index (χ3n) is 2.80. The number of nitrogens with zero attached hydrogens (tertiary/aromatic N) is 3. The summed E-state index contributed by atoms with van der Waals surface area (Å²) in [5, 5.41) is 0. The van der Waals surface area contributed by atoms with Crippen LogP contribution in [-0.4, -0.2) is 62.7 Å². The highest BCUT2D eigenvalue weighted by atomic mass is 32.2. The molecule has 1 aromatic rings. The van der Waals surface area contributed by atoms with Crippen LogP contribution in [0.4, 0.5) is 5.95 Å². The van der Waals surface area contributed by atoms with Gasteiger partial charge in [-0.2, -0.15) is 0 Å². The highest BCUT2D eigenvalue weighted by molar-refractivity contribution is 7.89. The number of nitrogens with two attached hydrogens (primary N) is 1. The van der Waals surface area contributed by atoms with Crippen molar-refractivity contribution < 1.29 is 13.2 Å². The van der Waals surface area contributed by atoms with Gasteiger partial charge in [0, 0.05) is 19.6 Å². The average molecular weight is 287 g/mol. The lowest BCUT2D eigenvalue weighted by Gasteiger charge is -2.29. The Balaban J connectivity index is 1.96. The van der Waals surface area contributed by atoms with Crippen LogP contribution in [0.5, 0.6) is 0 Å². The molecule has 0 aromatic carbocycles. The monoisotopic (exact) mass is 287 g/mol. The Bertz CT molecular complexity index is 518. The van der Waals surface area contributed by atoms with Gasteiger partial charge in [0.15, 0.2) is 0 Å². The van der Waals surface area contributed by atoms with E-state index in [1.54, 1.807) is 0 Å². The van der Waals surface area contributed by atoms with Gasteiger partial charge in [0.25, 0.3) is 0 Å². The zero-order chi connectivity index (χ0) is 13.9.